The largest absolute Gasteiger partial charge is 0.402 e. The van der Waals surface area contributed by atoms with Crippen molar-refractivity contribution >= 4 is 0 Å². The van der Waals surface area contributed by atoms with Gasteiger partial charge in [0.2, 0.25) is 0 Å². The molecule has 13 heavy (non-hydrogen) atoms. The molecule has 0 spiro atoms. The van der Waals surface area contributed by atoms with Crippen LogP contribution in [0.3, 0.4) is 0 Å². The Bertz CT molecular complexity index is 131. The average molecular weight is 186 g/mol. The minimum absolute atomic E-state index is 0.747. The van der Waals surface area contributed by atoms with Crippen molar-refractivity contribution in [2.24, 2.45) is 11.5 Å². The lowest BCUT2D eigenvalue weighted by molar-refractivity contribution is 1.17. The molecule has 0 aliphatic carbocycles. The maximum Gasteiger partial charge on any atom is 0.0290 e. The van der Waals surface area contributed by atoms with Gasteiger partial charge in [0.05, 0.1) is 0 Å². The third kappa shape index (κ3) is 24.7. The van der Waals surface area contributed by atoms with Crippen molar-refractivity contribution in [2.75, 3.05) is 0 Å². The summed E-state index contributed by atoms with van der Waals surface area (Å²) in [6, 6.07) is 0. The Morgan fingerprint density at radius 2 is 1.46 bits per heavy atom. The van der Waals surface area contributed by atoms with Crippen LogP contribution in [0.4, 0.5) is 0 Å². The second kappa shape index (κ2) is 17.2. The molecule has 0 rings (SSSR count). The van der Waals surface area contributed by atoms with Gasteiger partial charge in [-0.3, -0.25) is 0 Å². The first-order chi connectivity index (χ1) is 6.16. The highest BCUT2D eigenvalue weighted by molar-refractivity contribution is 5.17. The average Bonchev–Trinajstić information content (AvgIpc) is 2.10. The lowest BCUT2D eigenvalue weighted by Gasteiger charge is -1.91. The Balaban J connectivity index is -0.000000218. The zero-order valence-electron chi connectivity index (χ0n) is 10.0. The molecule has 0 heterocycles. The third-order valence-corrected chi connectivity index (χ3v) is 0.834. The van der Waals surface area contributed by atoms with E-state index in [0.717, 1.165) is 17.8 Å². The van der Waals surface area contributed by atoms with E-state index >= 15 is 0 Å². The molecule has 0 unspecified atom stereocenters. The van der Waals surface area contributed by atoms with Gasteiger partial charge >= 0.3 is 0 Å². The molecule has 0 saturated heterocycles. The molecule has 0 bridgehead atoms. The fourth-order valence-corrected chi connectivity index (χ4v) is 0.558. The highest BCUT2D eigenvalue weighted by atomic mass is 14.6. The van der Waals surface area contributed by atoms with Crippen LogP contribution < -0.4 is 11.5 Å². The van der Waals surface area contributed by atoms with E-state index in [0.29, 0.717) is 0 Å². The summed E-state index contributed by atoms with van der Waals surface area (Å²) >= 11 is 0. The van der Waals surface area contributed by atoms with Gasteiger partial charge in [0.15, 0.2) is 0 Å². The fraction of sp³-hybridized carbons (Fsp3) is 0.636. The Hall–Kier alpha value is -0.920. The molecule has 80 valence electrons. The Morgan fingerprint density at radius 1 is 1.08 bits per heavy atom. The predicted octanol–water partition coefficient (Wildman–Crippen LogP) is 3.15. The monoisotopic (exact) mass is 186 g/mol. The maximum atomic E-state index is 5.49. The maximum absolute atomic E-state index is 5.49. The molecule has 2 nitrogen and oxygen atoms in total. The van der Waals surface area contributed by atoms with Gasteiger partial charge in [-0.1, -0.05) is 40.7 Å². The van der Waals surface area contributed by atoms with Crippen molar-refractivity contribution in [1.82, 2.24) is 0 Å². The summed E-state index contributed by atoms with van der Waals surface area (Å²) in [7, 11) is 0. The summed E-state index contributed by atoms with van der Waals surface area (Å²) in [4.78, 5) is 0. The van der Waals surface area contributed by atoms with Gasteiger partial charge in [0, 0.05) is 11.4 Å². The summed E-state index contributed by atoms with van der Waals surface area (Å²) in [6.07, 6.45) is 4.63. The molecule has 4 N–H and O–H groups in total. The van der Waals surface area contributed by atoms with E-state index in [1.807, 2.05) is 47.6 Å². The van der Waals surface area contributed by atoms with E-state index in [4.69, 9.17) is 11.5 Å². The number of nitrogens with two attached hydrogens (primary N) is 2. The van der Waals surface area contributed by atoms with Crippen LogP contribution in [0, 0.1) is 0 Å². The van der Waals surface area contributed by atoms with Crippen molar-refractivity contribution < 1.29 is 0 Å². The summed E-state index contributed by atoms with van der Waals surface area (Å²) < 4.78 is 0. The molecule has 0 aromatic carbocycles. The minimum Gasteiger partial charge on any atom is -0.402 e. The van der Waals surface area contributed by atoms with Crippen LogP contribution in [0.25, 0.3) is 0 Å². The van der Waals surface area contributed by atoms with Crippen molar-refractivity contribution in [3.8, 4) is 0 Å². The van der Waals surface area contributed by atoms with E-state index in [-0.39, 0.29) is 0 Å². The van der Waals surface area contributed by atoms with Gasteiger partial charge in [-0.05, 0) is 19.4 Å². The van der Waals surface area contributed by atoms with Crippen LogP contribution in [0.15, 0.2) is 23.5 Å². The van der Waals surface area contributed by atoms with Gasteiger partial charge in [-0.25, -0.2) is 0 Å². The van der Waals surface area contributed by atoms with Crippen LogP contribution in [-0.4, -0.2) is 0 Å². The van der Waals surface area contributed by atoms with E-state index in [1.165, 1.54) is 0 Å². The number of hydrogen-bond donors (Lipinski definition) is 2. The predicted molar refractivity (Wildman–Crippen MR) is 63.2 cm³/mol. The molecule has 2 heteroatoms. The number of allylic oxidation sites excluding steroid dienone is 3. The first-order valence-corrected chi connectivity index (χ1v) is 5.06. The Kier molecular flexibility index (Phi) is 23.9. The van der Waals surface area contributed by atoms with Gasteiger partial charge in [0.1, 0.15) is 0 Å². The second-order valence-corrected chi connectivity index (χ2v) is 2.00. The molecule has 0 aromatic rings. The molecular formula is C11H26N2. The van der Waals surface area contributed by atoms with Crippen LogP contribution in [0.2, 0.25) is 0 Å². The normalized spacial score (nSPS) is 10.6. The topological polar surface area (TPSA) is 52.0 Å². The summed E-state index contributed by atoms with van der Waals surface area (Å²) in [5.41, 5.74) is 12.3. The standard InChI is InChI=1S/C7H14N2.2C2H6/c1-3-4-7(9)5-6(2)8;2*1-2/h4-5H,3,8-9H2,1-2H3;2*1-2H3/b6-5+,7-4+;;. The van der Waals surface area contributed by atoms with E-state index in [1.54, 1.807) is 6.08 Å². The molecule has 0 saturated carbocycles. The molecule has 0 aliphatic rings. The highest BCUT2D eigenvalue weighted by Gasteiger charge is 1.80. The van der Waals surface area contributed by atoms with Crippen LogP contribution in [-0.2, 0) is 0 Å². The molecule has 0 aliphatic heterocycles. The van der Waals surface area contributed by atoms with Gasteiger partial charge in [-0.2, -0.15) is 0 Å². The van der Waals surface area contributed by atoms with Crippen molar-refractivity contribution in [3.05, 3.63) is 23.5 Å². The molecular weight excluding hydrogens is 160 g/mol. The quantitative estimate of drug-likeness (QED) is 0.651. The smallest absolute Gasteiger partial charge is 0.0290 e. The zero-order chi connectivity index (χ0) is 11.3. The van der Waals surface area contributed by atoms with Crippen molar-refractivity contribution in [2.45, 2.75) is 48.0 Å². The highest BCUT2D eigenvalue weighted by Crippen LogP contribution is 1.91. The number of hydrogen-bond acceptors (Lipinski definition) is 2. The lowest BCUT2D eigenvalue weighted by atomic mass is 10.3. The third-order valence-electron chi connectivity index (χ3n) is 0.834. The first-order valence-electron chi connectivity index (χ1n) is 5.06. The molecule has 0 amide bonds. The molecule has 0 fully saturated rings. The van der Waals surface area contributed by atoms with E-state index in [2.05, 4.69) is 0 Å². The Morgan fingerprint density at radius 3 is 1.69 bits per heavy atom. The van der Waals surface area contributed by atoms with Crippen LogP contribution in [0.1, 0.15) is 48.0 Å². The second-order valence-electron chi connectivity index (χ2n) is 2.00. The van der Waals surface area contributed by atoms with Crippen molar-refractivity contribution in [1.29, 1.82) is 0 Å². The first kappa shape index (κ1) is 18.0. The SMILES string of the molecule is CC.CC.CC/C=C(N)\C=C(/C)N. The minimum atomic E-state index is 0.747. The summed E-state index contributed by atoms with van der Waals surface area (Å²) in [6.45, 7) is 11.9. The van der Waals surface area contributed by atoms with E-state index in [9.17, 15) is 0 Å². The van der Waals surface area contributed by atoms with Crippen LogP contribution in [0.5, 0.6) is 0 Å². The number of rotatable bonds is 2. The molecule has 0 atom stereocenters. The van der Waals surface area contributed by atoms with E-state index < -0.39 is 0 Å². The lowest BCUT2D eigenvalue weighted by Crippen LogP contribution is -1.97. The Labute approximate surface area is 83.7 Å². The fourth-order valence-electron chi connectivity index (χ4n) is 0.558. The van der Waals surface area contributed by atoms with Gasteiger partial charge in [-0.15, -0.1) is 0 Å². The van der Waals surface area contributed by atoms with Crippen LogP contribution >= 0.6 is 0 Å². The molecule has 0 aromatic heterocycles. The summed E-state index contributed by atoms with van der Waals surface area (Å²) in [5, 5.41) is 0. The zero-order valence-corrected chi connectivity index (χ0v) is 10.0. The molecule has 0 radical (unpaired) electrons. The van der Waals surface area contributed by atoms with Gasteiger partial charge in [0.25, 0.3) is 0 Å². The summed E-state index contributed by atoms with van der Waals surface area (Å²) in [5.74, 6) is 0. The van der Waals surface area contributed by atoms with Crippen molar-refractivity contribution in [3.63, 3.8) is 0 Å². The van der Waals surface area contributed by atoms with Gasteiger partial charge < -0.3 is 11.5 Å².